The van der Waals surface area contributed by atoms with Crippen molar-refractivity contribution in [2.45, 2.75) is 39.0 Å². The Balaban J connectivity index is 0.00000225. The molecule has 0 radical (unpaired) electrons. The Labute approximate surface area is 169 Å². The molecule has 7 nitrogen and oxygen atoms in total. The van der Waals surface area contributed by atoms with E-state index < -0.39 is 0 Å². The molecule has 138 valence electrons. The maximum Gasteiger partial charge on any atom is 0.194 e. The topological polar surface area (TPSA) is 78.6 Å². The maximum atomic E-state index is 9.73. The predicted molar refractivity (Wildman–Crippen MR) is 110 cm³/mol. The zero-order valence-corrected chi connectivity index (χ0v) is 17.7. The van der Waals surface area contributed by atoms with Crippen LogP contribution in [0.25, 0.3) is 0 Å². The molecule has 9 heteroatoms. The molecule has 0 saturated carbocycles. The SMILES string of the molecule is Cc1nnc(CN=C(NCc2cccs2)N2CCC(O)CC2)n1C.I. The van der Waals surface area contributed by atoms with Crippen molar-refractivity contribution in [3.05, 3.63) is 34.0 Å². The third-order valence-electron chi connectivity index (χ3n) is 4.32. The van der Waals surface area contributed by atoms with Gasteiger partial charge < -0.3 is 19.9 Å². The standard InChI is InChI=1S/C16H24N6OS.HI/c1-12-19-20-15(21(12)2)11-18-16(17-10-14-4-3-9-24-14)22-7-5-13(23)6-8-22;/h3-4,9,13,23H,5-8,10-11H2,1-2H3,(H,17,18);1H. The fourth-order valence-electron chi connectivity index (χ4n) is 2.66. The first-order chi connectivity index (χ1) is 11.6. The van der Waals surface area contributed by atoms with E-state index in [0.29, 0.717) is 6.54 Å². The second-order valence-corrected chi connectivity index (χ2v) is 7.05. The summed E-state index contributed by atoms with van der Waals surface area (Å²) >= 11 is 1.73. The lowest BCUT2D eigenvalue weighted by Crippen LogP contribution is -2.46. The highest BCUT2D eigenvalue weighted by atomic mass is 127. The van der Waals surface area contributed by atoms with Crippen molar-refractivity contribution in [2.75, 3.05) is 13.1 Å². The minimum atomic E-state index is -0.193. The molecule has 0 bridgehead atoms. The number of nitrogens with zero attached hydrogens (tertiary/aromatic N) is 5. The van der Waals surface area contributed by atoms with Crippen molar-refractivity contribution in [1.82, 2.24) is 25.0 Å². The molecule has 25 heavy (non-hydrogen) atoms. The van der Waals surface area contributed by atoms with Crippen molar-refractivity contribution in [3.8, 4) is 0 Å². The number of thiophene rings is 1. The van der Waals surface area contributed by atoms with Crippen LogP contribution in [-0.4, -0.2) is 49.9 Å². The third-order valence-corrected chi connectivity index (χ3v) is 5.19. The molecule has 0 unspecified atom stereocenters. The number of aryl methyl sites for hydroxylation is 1. The minimum Gasteiger partial charge on any atom is -0.393 e. The molecule has 3 rings (SSSR count). The molecule has 2 N–H and O–H groups in total. The number of likely N-dealkylation sites (tertiary alicyclic amines) is 1. The molecule has 0 spiro atoms. The summed E-state index contributed by atoms with van der Waals surface area (Å²) in [6.45, 7) is 4.81. The monoisotopic (exact) mass is 476 g/mol. The van der Waals surface area contributed by atoms with Crippen LogP contribution in [0.4, 0.5) is 0 Å². The average molecular weight is 476 g/mol. The van der Waals surface area contributed by atoms with Gasteiger partial charge in [0.15, 0.2) is 11.8 Å². The Morgan fingerprint density at radius 3 is 2.76 bits per heavy atom. The number of nitrogens with one attached hydrogen (secondary N) is 1. The fraction of sp³-hybridized carbons (Fsp3) is 0.562. The number of hydrogen-bond donors (Lipinski definition) is 2. The molecule has 1 fully saturated rings. The normalized spacial score (nSPS) is 16.0. The number of guanidine groups is 1. The van der Waals surface area contributed by atoms with Crippen molar-refractivity contribution in [2.24, 2.45) is 12.0 Å². The van der Waals surface area contributed by atoms with Gasteiger partial charge in [-0.15, -0.1) is 45.5 Å². The molecule has 0 aromatic carbocycles. The number of aromatic nitrogens is 3. The number of hydrogen-bond acceptors (Lipinski definition) is 5. The van der Waals surface area contributed by atoms with Gasteiger partial charge in [0.2, 0.25) is 0 Å². The second kappa shape index (κ2) is 9.48. The Morgan fingerprint density at radius 1 is 1.40 bits per heavy atom. The van der Waals surface area contributed by atoms with E-state index in [-0.39, 0.29) is 30.1 Å². The quantitative estimate of drug-likeness (QED) is 0.401. The number of rotatable bonds is 4. The summed E-state index contributed by atoms with van der Waals surface area (Å²) in [5, 5.41) is 23.5. The average Bonchev–Trinajstić information content (AvgIpc) is 3.21. The van der Waals surface area contributed by atoms with Crippen molar-refractivity contribution in [3.63, 3.8) is 0 Å². The molecule has 0 aliphatic carbocycles. The van der Waals surface area contributed by atoms with E-state index in [1.165, 1.54) is 4.88 Å². The first-order valence-corrected chi connectivity index (χ1v) is 9.10. The van der Waals surface area contributed by atoms with E-state index in [4.69, 9.17) is 4.99 Å². The number of halogens is 1. The van der Waals surface area contributed by atoms with Gasteiger partial charge in [0.25, 0.3) is 0 Å². The molecule has 1 aliphatic heterocycles. The molecule has 3 heterocycles. The van der Waals surface area contributed by atoms with E-state index in [1.54, 1.807) is 11.3 Å². The zero-order valence-electron chi connectivity index (χ0n) is 14.6. The van der Waals surface area contributed by atoms with Gasteiger partial charge in [-0.2, -0.15) is 0 Å². The smallest absolute Gasteiger partial charge is 0.194 e. The first kappa shape index (κ1) is 20.1. The van der Waals surface area contributed by atoms with E-state index in [9.17, 15) is 5.11 Å². The van der Waals surface area contributed by atoms with Gasteiger partial charge in [0.05, 0.1) is 12.6 Å². The first-order valence-electron chi connectivity index (χ1n) is 8.22. The summed E-state index contributed by atoms with van der Waals surface area (Å²) in [6, 6.07) is 4.17. The Bertz CT molecular complexity index is 679. The predicted octanol–water partition coefficient (Wildman–Crippen LogP) is 1.91. The molecule has 2 aromatic rings. The fourth-order valence-corrected chi connectivity index (χ4v) is 3.30. The van der Waals surface area contributed by atoms with Crippen LogP contribution in [0, 0.1) is 6.92 Å². The van der Waals surface area contributed by atoms with Gasteiger partial charge in [-0.25, -0.2) is 4.99 Å². The molecular formula is C16H25IN6OS. The number of aliphatic hydroxyl groups is 1. The van der Waals surface area contributed by atoms with Crippen LogP contribution in [0.1, 0.15) is 29.4 Å². The highest BCUT2D eigenvalue weighted by Gasteiger charge is 2.20. The Morgan fingerprint density at radius 2 is 2.16 bits per heavy atom. The van der Waals surface area contributed by atoms with E-state index in [2.05, 4.69) is 37.9 Å². The highest BCUT2D eigenvalue weighted by Crippen LogP contribution is 2.12. The van der Waals surface area contributed by atoms with Gasteiger partial charge >= 0.3 is 0 Å². The Kier molecular flexibility index (Phi) is 7.63. The van der Waals surface area contributed by atoms with E-state index in [0.717, 1.165) is 50.1 Å². The number of aliphatic hydroxyl groups excluding tert-OH is 1. The molecule has 1 saturated heterocycles. The second-order valence-electron chi connectivity index (χ2n) is 6.01. The molecule has 0 amide bonds. The van der Waals surface area contributed by atoms with Crippen LogP contribution in [0.5, 0.6) is 0 Å². The van der Waals surface area contributed by atoms with Crippen molar-refractivity contribution < 1.29 is 5.11 Å². The summed E-state index contributed by atoms with van der Waals surface area (Å²) in [5.41, 5.74) is 0. The highest BCUT2D eigenvalue weighted by molar-refractivity contribution is 14.0. The maximum absolute atomic E-state index is 9.73. The van der Waals surface area contributed by atoms with Crippen molar-refractivity contribution in [1.29, 1.82) is 0 Å². The zero-order chi connectivity index (χ0) is 16.9. The van der Waals surface area contributed by atoms with Gasteiger partial charge in [-0.1, -0.05) is 6.07 Å². The molecule has 1 aliphatic rings. The van der Waals surface area contributed by atoms with Crippen LogP contribution in [-0.2, 0) is 20.1 Å². The molecular weight excluding hydrogens is 451 g/mol. The van der Waals surface area contributed by atoms with Gasteiger partial charge in [0, 0.05) is 25.0 Å². The summed E-state index contributed by atoms with van der Waals surface area (Å²) < 4.78 is 1.96. The van der Waals surface area contributed by atoms with Crippen LogP contribution in [0.3, 0.4) is 0 Å². The van der Waals surface area contributed by atoms with Gasteiger partial charge in [0.1, 0.15) is 12.4 Å². The lowest BCUT2D eigenvalue weighted by molar-refractivity contribution is 0.108. The van der Waals surface area contributed by atoms with Crippen LogP contribution in [0.15, 0.2) is 22.5 Å². The van der Waals surface area contributed by atoms with Gasteiger partial charge in [-0.3, -0.25) is 0 Å². The number of aliphatic imine (C=N–C) groups is 1. The van der Waals surface area contributed by atoms with E-state index >= 15 is 0 Å². The summed E-state index contributed by atoms with van der Waals surface area (Å²) in [5.74, 6) is 2.60. The summed E-state index contributed by atoms with van der Waals surface area (Å²) in [6.07, 6.45) is 1.37. The Hall–Kier alpha value is -1.20. The largest absolute Gasteiger partial charge is 0.393 e. The third kappa shape index (κ3) is 5.38. The lowest BCUT2D eigenvalue weighted by atomic mass is 10.1. The van der Waals surface area contributed by atoms with Crippen LogP contribution < -0.4 is 5.32 Å². The van der Waals surface area contributed by atoms with E-state index in [1.807, 2.05) is 18.5 Å². The summed E-state index contributed by atoms with van der Waals surface area (Å²) in [7, 11) is 1.95. The lowest BCUT2D eigenvalue weighted by Gasteiger charge is -2.32. The molecule has 0 atom stereocenters. The van der Waals surface area contributed by atoms with Crippen LogP contribution >= 0.6 is 35.3 Å². The molecule has 2 aromatic heterocycles. The summed E-state index contributed by atoms with van der Waals surface area (Å²) in [4.78, 5) is 8.23. The van der Waals surface area contributed by atoms with Gasteiger partial charge in [-0.05, 0) is 31.2 Å². The minimum absolute atomic E-state index is 0. The van der Waals surface area contributed by atoms with Crippen LogP contribution in [0.2, 0.25) is 0 Å². The van der Waals surface area contributed by atoms with Crippen molar-refractivity contribution >= 4 is 41.3 Å². The number of piperidine rings is 1.